The van der Waals surface area contributed by atoms with Gasteiger partial charge in [-0.1, -0.05) is 61.2 Å². The Kier molecular flexibility index (Phi) is 5.28. The molecule has 1 aliphatic carbocycles. The minimum atomic E-state index is -3.11. The van der Waals surface area contributed by atoms with Crippen LogP contribution in [0.15, 0.2) is 48.5 Å². The van der Waals surface area contributed by atoms with E-state index in [1.54, 1.807) is 4.90 Å². The molecule has 1 amide bonds. The molecule has 0 unspecified atom stereocenters. The summed E-state index contributed by atoms with van der Waals surface area (Å²) in [7, 11) is -3.11. The van der Waals surface area contributed by atoms with E-state index in [9.17, 15) is 13.2 Å². The van der Waals surface area contributed by atoms with Crippen molar-refractivity contribution >= 4 is 15.7 Å². The highest BCUT2D eigenvalue weighted by molar-refractivity contribution is 7.92. The van der Waals surface area contributed by atoms with E-state index in [2.05, 4.69) is 31.2 Å². The van der Waals surface area contributed by atoms with Crippen molar-refractivity contribution in [2.45, 2.75) is 49.5 Å². The second-order valence-corrected chi connectivity index (χ2v) is 10.6. The number of carbonyl (C=O) groups excluding carboxylic acids is 1. The lowest BCUT2D eigenvalue weighted by molar-refractivity contribution is 0.0658. The molecule has 2 aliphatic rings. The molecule has 4 rings (SSSR count). The molecule has 28 heavy (non-hydrogen) atoms. The van der Waals surface area contributed by atoms with Gasteiger partial charge in [-0.25, -0.2) is 8.42 Å². The van der Waals surface area contributed by atoms with Gasteiger partial charge in [-0.2, -0.15) is 0 Å². The summed E-state index contributed by atoms with van der Waals surface area (Å²) in [6.45, 7) is 2.72. The number of amides is 1. The molecule has 0 atom stereocenters. The summed E-state index contributed by atoms with van der Waals surface area (Å²) in [4.78, 5) is 14.4. The molecule has 0 radical (unpaired) electrons. The monoisotopic (exact) mass is 397 g/mol. The number of hydrogen-bond acceptors (Lipinski definition) is 3. The van der Waals surface area contributed by atoms with Crippen LogP contribution in [0.2, 0.25) is 0 Å². The Morgan fingerprint density at radius 3 is 1.93 bits per heavy atom. The Bertz CT molecular complexity index is 936. The SMILES string of the molecule is Cc1ccc(-c2ccc(C(=O)N3CC(S(=O)(=O)C4CCCCC4)C3)cc2)cc1. The lowest BCUT2D eigenvalue weighted by Gasteiger charge is -2.40. The van der Waals surface area contributed by atoms with Gasteiger partial charge in [0.2, 0.25) is 0 Å². The molecule has 2 aromatic carbocycles. The van der Waals surface area contributed by atoms with Crippen LogP contribution >= 0.6 is 0 Å². The lowest BCUT2D eigenvalue weighted by Crippen LogP contribution is -2.58. The van der Waals surface area contributed by atoms with Crippen molar-refractivity contribution in [2.75, 3.05) is 13.1 Å². The Labute approximate surface area is 167 Å². The first-order chi connectivity index (χ1) is 13.4. The van der Waals surface area contributed by atoms with Crippen LogP contribution in [0.25, 0.3) is 11.1 Å². The fourth-order valence-corrected chi connectivity index (χ4v) is 6.52. The zero-order chi connectivity index (χ0) is 19.7. The van der Waals surface area contributed by atoms with E-state index in [4.69, 9.17) is 0 Å². The fourth-order valence-electron chi connectivity index (χ4n) is 4.21. The van der Waals surface area contributed by atoms with Crippen LogP contribution in [0.1, 0.15) is 48.0 Å². The maximum Gasteiger partial charge on any atom is 0.253 e. The third kappa shape index (κ3) is 3.72. The van der Waals surface area contributed by atoms with E-state index in [1.165, 1.54) is 5.56 Å². The normalized spacial score (nSPS) is 18.7. The van der Waals surface area contributed by atoms with E-state index in [0.717, 1.165) is 43.2 Å². The van der Waals surface area contributed by atoms with Crippen LogP contribution < -0.4 is 0 Å². The maximum atomic E-state index is 12.8. The molecule has 1 aliphatic heterocycles. The minimum Gasteiger partial charge on any atom is -0.336 e. The van der Waals surface area contributed by atoms with E-state index >= 15 is 0 Å². The van der Waals surface area contributed by atoms with Crippen molar-refractivity contribution in [3.05, 3.63) is 59.7 Å². The predicted molar refractivity (Wildman–Crippen MR) is 112 cm³/mol. The second-order valence-electron chi connectivity index (χ2n) is 8.12. The molecule has 2 aromatic rings. The Balaban J connectivity index is 1.39. The Hall–Kier alpha value is -2.14. The summed E-state index contributed by atoms with van der Waals surface area (Å²) in [6, 6.07) is 15.9. The number of nitrogens with zero attached hydrogens (tertiary/aromatic N) is 1. The first-order valence-electron chi connectivity index (χ1n) is 10.1. The largest absolute Gasteiger partial charge is 0.336 e. The highest BCUT2D eigenvalue weighted by Crippen LogP contribution is 2.30. The highest BCUT2D eigenvalue weighted by Gasteiger charge is 2.43. The summed E-state index contributed by atoms with van der Waals surface area (Å²) in [5.41, 5.74) is 4.01. The van der Waals surface area contributed by atoms with E-state index in [0.29, 0.717) is 18.7 Å². The van der Waals surface area contributed by atoms with Gasteiger partial charge >= 0.3 is 0 Å². The van der Waals surface area contributed by atoms with Crippen molar-refractivity contribution in [1.82, 2.24) is 4.90 Å². The maximum absolute atomic E-state index is 12.8. The summed E-state index contributed by atoms with van der Waals surface area (Å²) >= 11 is 0. The van der Waals surface area contributed by atoms with Gasteiger partial charge < -0.3 is 4.90 Å². The van der Waals surface area contributed by atoms with E-state index in [-0.39, 0.29) is 16.4 Å². The van der Waals surface area contributed by atoms with Crippen LogP contribution in [0.4, 0.5) is 0 Å². The van der Waals surface area contributed by atoms with Crippen molar-refractivity contribution in [3.63, 3.8) is 0 Å². The number of likely N-dealkylation sites (tertiary alicyclic amines) is 1. The summed E-state index contributed by atoms with van der Waals surface area (Å²) in [5.74, 6) is -0.0782. The fraction of sp³-hybridized carbons (Fsp3) is 0.435. The number of aryl methyl sites for hydroxylation is 1. The third-order valence-corrected chi connectivity index (χ3v) is 8.76. The topological polar surface area (TPSA) is 54.5 Å². The second kappa shape index (κ2) is 7.70. The van der Waals surface area contributed by atoms with Crippen LogP contribution in [-0.4, -0.2) is 42.8 Å². The predicted octanol–water partition coefficient (Wildman–Crippen LogP) is 4.23. The van der Waals surface area contributed by atoms with Gasteiger partial charge in [0.15, 0.2) is 9.84 Å². The van der Waals surface area contributed by atoms with Crippen molar-refractivity contribution < 1.29 is 13.2 Å². The van der Waals surface area contributed by atoms with Gasteiger partial charge in [-0.3, -0.25) is 4.79 Å². The number of hydrogen-bond donors (Lipinski definition) is 0. The molecular weight excluding hydrogens is 370 g/mol. The van der Waals surface area contributed by atoms with Crippen LogP contribution in [0, 0.1) is 6.92 Å². The smallest absolute Gasteiger partial charge is 0.253 e. The summed E-state index contributed by atoms with van der Waals surface area (Å²) in [6.07, 6.45) is 4.72. The molecule has 1 saturated carbocycles. The molecule has 1 heterocycles. The first kappa shape index (κ1) is 19.2. The molecule has 0 N–H and O–H groups in total. The van der Waals surface area contributed by atoms with Gasteiger partial charge in [0, 0.05) is 18.7 Å². The molecule has 0 bridgehead atoms. The Morgan fingerprint density at radius 2 is 1.36 bits per heavy atom. The zero-order valence-corrected chi connectivity index (χ0v) is 17.1. The Morgan fingerprint density at radius 1 is 0.821 bits per heavy atom. The van der Waals surface area contributed by atoms with Gasteiger partial charge in [0.05, 0.1) is 10.5 Å². The van der Waals surface area contributed by atoms with Crippen molar-refractivity contribution in [2.24, 2.45) is 0 Å². The lowest BCUT2D eigenvalue weighted by atomic mass is 10.0. The van der Waals surface area contributed by atoms with Gasteiger partial charge in [-0.15, -0.1) is 0 Å². The minimum absolute atomic E-state index is 0.0782. The molecule has 1 saturated heterocycles. The first-order valence-corrected chi connectivity index (χ1v) is 11.8. The molecule has 148 valence electrons. The molecule has 0 aromatic heterocycles. The van der Waals surface area contributed by atoms with Gasteiger partial charge in [-0.05, 0) is 43.0 Å². The molecule has 4 nitrogen and oxygen atoms in total. The van der Waals surface area contributed by atoms with Crippen LogP contribution in [0.5, 0.6) is 0 Å². The summed E-state index contributed by atoms with van der Waals surface area (Å²) < 4.78 is 25.5. The quantitative estimate of drug-likeness (QED) is 0.776. The molecule has 2 fully saturated rings. The average molecular weight is 398 g/mol. The number of sulfone groups is 1. The molecule has 5 heteroatoms. The molecule has 0 spiro atoms. The van der Waals surface area contributed by atoms with Crippen LogP contribution in [0.3, 0.4) is 0 Å². The van der Waals surface area contributed by atoms with Crippen LogP contribution in [-0.2, 0) is 9.84 Å². The average Bonchev–Trinajstić information content (AvgIpc) is 2.68. The zero-order valence-electron chi connectivity index (χ0n) is 16.3. The van der Waals surface area contributed by atoms with Crippen molar-refractivity contribution in [1.29, 1.82) is 0 Å². The number of rotatable bonds is 4. The van der Waals surface area contributed by atoms with E-state index < -0.39 is 9.84 Å². The number of carbonyl (C=O) groups is 1. The molecular formula is C23H27NO3S. The summed E-state index contributed by atoms with van der Waals surface area (Å²) in [5, 5.41) is -0.580. The standard InChI is InChI=1S/C23H27NO3S/c1-17-7-9-18(10-8-17)19-11-13-20(14-12-19)23(25)24-15-22(16-24)28(26,27)21-5-3-2-4-6-21/h7-14,21-22H,2-6,15-16H2,1H3. The van der Waals surface area contributed by atoms with E-state index in [1.807, 2.05) is 24.3 Å². The third-order valence-electron chi connectivity index (χ3n) is 6.13. The number of benzene rings is 2. The van der Waals surface area contributed by atoms with Gasteiger partial charge in [0.25, 0.3) is 5.91 Å². The van der Waals surface area contributed by atoms with Crippen molar-refractivity contribution in [3.8, 4) is 11.1 Å². The van der Waals surface area contributed by atoms with Gasteiger partial charge in [0.1, 0.15) is 0 Å². The highest BCUT2D eigenvalue weighted by atomic mass is 32.2.